The quantitative estimate of drug-likeness (QED) is 0.914. The molecule has 3 rings (SSSR count). The van der Waals surface area contributed by atoms with Crippen molar-refractivity contribution in [2.45, 2.75) is 38.0 Å². The molecule has 2 atom stereocenters. The highest BCUT2D eigenvalue weighted by atomic mass is 32.2. The van der Waals surface area contributed by atoms with E-state index >= 15 is 0 Å². The van der Waals surface area contributed by atoms with E-state index in [0.29, 0.717) is 30.6 Å². The van der Waals surface area contributed by atoms with E-state index < -0.39 is 10.0 Å². The van der Waals surface area contributed by atoms with E-state index in [-0.39, 0.29) is 10.8 Å². The number of carbonyl (C=O) groups excluding carboxylic acids is 1. The van der Waals surface area contributed by atoms with Gasteiger partial charge in [-0.15, -0.1) is 0 Å². The van der Waals surface area contributed by atoms with Crippen molar-refractivity contribution in [3.05, 3.63) is 18.0 Å². The number of piperidine rings is 1. The number of hydrogen-bond acceptors (Lipinski definition) is 3. The van der Waals surface area contributed by atoms with Crippen LogP contribution in [-0.2, 0) is 10.0 Å². The Bertz CT molecular complexity index is 666. The summed E-state index contributed by atoms with van der Waals surface area (Å²) in [5.41, 5.74) is 0.364. The first-order valence-corrected chi connectivity index (χ1v) is 9.80. The zero-order valence-electron chi connectivity index (χ0n) is 13.8. The molecule has 6 nitrogen and oxygen atoms in total. The molecule has 2 aliphatic rings. The zero-order chi connectivity index (χ0) is 16.6. The fraction of sp³-hybridized carbons (Fsp3) is 0.688. The van der Waals surface area contributed by atoms with Crippen LogP contribution >= 0.6 is 0 Å². The first-order chi connectivity index (χ1) is 10.9. The predicted octanol–water partition coefficient (Wildman–Crippen LogP) is 1.92. The molecule has 1 amide bonds. The standard InChI is InChI=1S/C16H25N3O3S/c1-12-7-13(2)11-19(10-12)23(21,22)14-8-15(17-9-14)16(20)18-5-3-4-6-18/h8-9,12-13,17H,3-7,10-11H2,1-2H3. The maximum Gasteiger partial charge on any atom is 0.270 e. The molecule has 3 heterocycles. The number of aromatic amines is 1. The number of nitrogens with zero attached hydrogens (tertiary/aromatic N) is 2. The van der Waals surface area contributed by atoms with Crippen molar-refractivity contribution in [3.63, 3.8) is 0 Å². The first kappa shape index (κ1) is 16.5. The number of sulfonamides is 1. The fourth-order valence-electron chi connectivity index (χ4n) is 3.69. The van der Waals surface area contributed by atoms with Crippen LogP contribution in [0.3, 0.4) is 0 Å². The molecule has 0 bridgehead atoms. The first-order valence-electron chi connectivity index (χ1n) is 8.36. The summed E-state index contributed by atoms with van der Waals surface area (Å²) in [7, 11) is -3.53. The minimum absolute atomic E-state index is 0.107. The molecule has 0 saturated carbocycles. The van der Waals surface area contributed by atoms with Crippen molar-refractivity contribution < 1.29 is 13.2 Å². The normalized spacial score (nSPS) is 26.6. The average Bonchev–Trinajstić information content (AvgIpc) is 3.17. The summed E-state index contributed by atoms with van der Waals surface area (Å²) in [6.07, 6.45) is 4.53. The summed E-state index contributed by atoms with van der Waals surface area (Å²) in [5, 5.41) is 0. The highest BCUT2D eigenvalue weighted by Gasteiger charge is 2.33. The van der Waals surface area contributed by atoms with Gasteiger partial charge in [0.25, 0.3) is 5.91 Å². The van der Waals surface area contributed by atoms with Gasteiger partial charge in [0.15, 0.2) is 0 Å². The van der Waals surface area contributed by atoms with E-state index in [2.05, 4.69) is 18.8 Å². The van der Waals surface area contributed by atoms with E-state index in [4.69, 9.17) is 0 Å². The second-order valence-corrected chi connectivity index (χ2v) is 8.95. The van der Waals surface area contributed by atoms with E-state index in [1.807, 2.05) is 0 Å². The van der Waals surface area contributed by atoms with Crippen LogP contribution in [0.25, 0.3) is 0 Å². The van der Waals surface area contributed by atoms with Gasteiger partial charge in [0, 0.05) is 32.4 Å². The van der Waals surface area contributed by atoms with Crippen molar-refractivity contribution in [3.8, 4) is 0 Å². The predicted molar refractivity (Wildman–Crippen MR) is 87.6 cm³/mol. The van der Waals surface area contributed by atoms with Crippen molar-refractivity contribution in [1.29, 1.82) is 0 Å². The molecule has 0 radical (unpaired) electrons. The molecular weight excluding hydrogens is 314 g/mol. The van der Waals surface area contributed by atoms with E-state index in [1.165, 1.54) is 12.3 Å². The number of nitrogens with one attached hydrogen (secondary N) is 1. The Balaban J connectivity index is 1.79. The Kier molecular flexibility index (Phi) is 4.51. The van der Waals surface area contributed by atoms with Gasteiger partial charge in [-0.1, -0.05) is 13.8 Å². The molecule has 1 N–H and O–H groups in total. The van der Waals surface area contributed by atoms with Crippen molar-refractivity contribution in [2.75, 3.05) is 26.2 Å². The highest BCUT2D eigenvalue weighted by Crippen LogP contribution is 2.27. The molecule has 128 valence electrons. The van der Waals surface area contributed by atoms with Crippen LogP contribution in [0.1, 0.15) is 43.6 Å². The molecular formula is C16H25N3O3S. The highest BCUT2D eigenvalue weighted by molar-refractivity contribution is 7.89. The van der Waals surface area contributed by atoms with Gasteiger partial charge < -0.3 is 9.88 Å². The van der Waals surface area contributed by atoms with Crippen LogP contribution in [0, 0.1) is 11.8 Å². The number of amides is 1. The van der Waals surface area contributed by atoms with Crippen LogP contribution in [0.4, 0.5) is 0 Å². The molecule has 0 aromatic carbocycles. The van der Waals surface area contributed by atoms with Crippen LogP contribution in [0.5, 0.6) is 0 Å². The lowest BCUT2D eigenvalue weighted by molar-refractivity contribution is 0.0787. The molecule has 0 spiro atoms. The molecule has 23 heavy (non-hydrogen) atoms. The topological polar surface area (TPSA) is 73.5 Å². The smallest absolute Gasteiger partial charge is 0.270 e. The van der Waals surface area contributed by atoms with Crippen molar-refractivity contribution >= 4 is 15.9 Å². The van der Waals surface area contributed by atoms with Gasteiger partial charge in [0.1, 0.15) is 10.6 Å². The maximum absolute atomic E-state index is 12.8. The van der Waals surface area contributed by atoms with Gasteiger partial charge in [-0.2, -0.15) is 4.31 Å². The molecule has 2 unspecified atom stereocenters. The molecule has 2 aliphatic heterocycles. The van der Waals surface area contributed by atoms with Gasteiger partial charge in [0.2, 0.25) is 10.0 Å². The Morgan fingerprint density at radius 3 is 2.39 bits per heavy atom. The Hall–Kier alpha value is -1.34. The summed E-state index contributed by atoms with van der Waals surface area (Å²) >= 11 is 0. The summed E-state index contributed by atoms with van der Waals surface area (Å²) in [6, 6.07) is 1.49. The lowest BCUT2D eigenvalue weighted by Gasteiger charge is -2.33. The SMILES string of the molecule is CC1CC(C)CN(S(=O)(=O)c2c[nH]c(C(=O)N3CCCC3)c2)C1. The Morgan fingerprint density at radius 2 is 1.78 bits per heavy atom. The number of H-pyrrole nitrogens is 1. The number of rotatable bonds is 3. The molecule has 1 aromatic rings. The third kappa shape index (κ3) is 3.30. The van der Waals surface area contributed by atoms with Crippen LogP contribution < -0.4 is 0 Å². The van der Waals surface area contributed by atoms with Gasteiger partial charge in [0.05, 0.1) is 0 Å². The van der Waals surface area contributed by atoms with Crippen LogP contribution in [0.15, 0.2) is 17.2 Å². The van der Waals surface area contributed by atoms with Gasteiger partial charge in [-0.05, 0) is 37.2 Å². The summed E-state index contributed by atoms with van der Waals surface area (Å²) < 4.78 is 27.2. The number of likely N-dealkylation sites (tertiary alicyclic amines) is 1. The van der Waals surface area contributed by atoms with Crippen molar-refractivity contribution in [2.24, 2.45) is 11.8 Å². The summed E-state index contributed by atoms with van der Waals surface area (Å²) in [4.78, 5) is 17.2. The molecule has 2 fully saturated rings. The minimum Gasteiger partial charge on any atom is -0.356 e. The summed E-state index contributed by atoms with van der Waals surface area (Å²) in [6.45, 7) is 6.76. The van der Waals surface area contributed by atoms with E-state index in [9.17, 15) is 13.2 Å². The third-order valence-electron chi connectivity index (χ3n) is 4.75. The fourth-order valence-corrected chi connectivity index (χ4v) is 5.36. The number of aromatic nitrogens is 1. The Morgan fingerprint density at radius 1 is 1.17 bits per heavy atom. The van der Waals surface area contributed by atoms with E-state index in [1.54, 1.807) is 9.21 Å². The van der Waals surface area contributed by atoms with Gasteiger partial charge in [-0.3, -0.25) is 4.79 Å². The summed E-state index contributed by atoms with van der Waals surface area (Å²) in [5.74, 6) is 0.612. The lowest BCUT2D eigenvalue weighted by Crippen LogP contribution is -2.42. The van der Waals surface area contributed by atoms with Crippen LogP contribution in [0.2, 0.25) is 0 Å². The molecule has 0 aliphatic carbocycles. The molecule has 2 saturated heterocycles. The Labute approximate surface area is 137 Å². The van der Waals surface area contributed by atoms with Crippen molar-refractivity contribution in [1.82, 2.24) is 14.2 Å². The number of hydrogen-bond donors (Lipinski definition) is 1. The zero-order valence-corrected chi connectivity index (χ0v) is 14.6. The second kappa shape index (κ2) is 6.28. The molecule has 1 aromatic heterocycles. The molecule has 7 heteroatoms. The monoisotopic (exact) mass is 339 g/mol. The maximum atomic E-state index is 12.8. The van der Waals surface area contributed by atoms with E-state index in [0.717, 1.165) is 32.4 Å². The second-order valence-electron chi connectivity index (χ2n) is 7.02. The van der Waals surface area contributed by atoms with Gasteiger partial charge >= 0.3 is 0 Å². The largest absolute Gasteiger partial charge is 0.356 e. The third-order valence-corrected chi connectivity index (χ3v) is 6.56. The lowest BCUT2D eigenvalue weighted by atomic mass is 9.94. The van der Waals surface area contributed by atoms with Crippen LogP contribution in [-0.4, -0.2) is 54.7 Å². The average molecular weight is 339 g/mol. The number of carbonyl (C=O) groups is 1. The van der Waals surface area contributed by atoms with Gasteiger partial charge in [-0.25, -0.2) is 8.42 Å². The minimum atomic E-state index is -3.53.